The third-order valence-corrected chi connectivity index (χ3v) is 4.66. The predicted molar refractivity (Wildman–Crippen MR) is 101 cm³/mol. The Morgan fingerprint density at radius 2 is 1.80 bits per heavy atom. The van der Waals surface area contributed by atoms with Crippen molar-refractivity contribution in [2.45, 2.75) is 25.0 Å². The Kier molecular flexibility index (Phi) is 5.58. The summed E-state index contributed by atoms with van der Waals surface area (Å²) in [6.07, 6.45) is 0.701. The Balaban J connectivity index is 1.51. The van der Waals surface area contributed by atoms with Crippen LogP contribution in [0.4, 0.5) is 5.69 Å². The first kappa shape index (κ1) is 17.7. The van der Waals surface area contributed by atoms with Gasteiger partial charge in [-0.3, -0.25) is 4.79 Å². The number of carbonyl (C=O) groups excluding carboxylic acids is 1. The van der Waals surface area contributed by atoms with Crippen LogP contribution in [0, 0.1) is 0 Å². The van der Waals surface area contributed by atoms with E-state index in [0.29, 0.717) is 18.0 Å². The maximum absolute atomic E-state index is 12.4. The van der Waals surface area contributed by atoms with Gasteiger partial charge in [-0.05, 0) is 41.8 Å². The first-order chi connectivity index (χ1) is 12.0. The van der Waals surface area contributed by atoms with Crippen LogP contribution in [0.5, 0.6) is 0 Å². The molecule has 1 aliphatic rings. The van der Waals surface area contributed by atoms with Gasteiger partial charge in [-0.15, -0.1) is 0 Å². The highest BCUT2D eigenvalue weighted by atomic mass is 35.5. The zero-order chi connectivity index (χ0) is 17.8. The van der Waals surface area contributed by atoms with Gasteiger partial charge in [-0.2, -0.15) is 0 Å². The van der Waals surface area contributed by atoms with E-state index in [0.717, 1.165) is 16.8 Å². The quantitative estimate of drug-likeness (QED) is 0.769. The van der Waals surface area contributed by atoms with Crippen molar-refractivity contribution in [3.8, 4) is 0 Å². The molecule has 1 aliphatic heterocycles. The first-order valence-electron chi connectivity index (χ1n) is 8.33. The molecule has 0 spiro atoms. The fourth-order valence-corrected chi connectivity index (χ4v) is 2.99. The number of nitrogens with one attached hydrogen (secondary N) is 3. The molecule has 2 unspecified atom stereocenters. The predicted octanol–water partition coefficient (Wildman–Crippen LogP) is 2.63. The SMILES string of the molecule is CN(C)c1ccc(CNC(=O)C2CC(c3ccc(Cl)cc3)NN2)cc1. The van der Waals surface area contributed by atoms with Crippen LogP contribution in [-0.4, -0.2) is 26.0 Å². The summed E-state index contributed by atoms with van der Waals surface area (Å²) >= 11 is 5.92. The van der Waals surface area contributed by atoms with Gasteiger partial charge in [0.05, 0.1) is 0 Å². The van der Waals surface area contributed by atoms with Gasteiger partial charge in [0.25, 0.3) is 0 Å². The highest BCUT2D eigenvalue weighted by Crippen LogP contribution is 2.23. The van der Waals surface area contributed by atoms with Gasteiger partial charge in [0, 0.05) is 37.4 Å². The molecule has 0 aromatic heterocycles. The van der Waals surface area contributed by atoms with Crippen LogP contribution < -0.4 is 21.1 Å². The van der Waals surface area contributed by atoms with Gasteiger partial charge in [-0.1, -0.05) is 35.9 Å². The molecule has 2 atom stereocenters. The molecule has 2 aromatic rings. The van der Waals surface area contributed by atoms with Crippen LogP contribution in [0.2, 0.25) is 5.02 Å². The molecule has 0 aliphatic carbocycles. The third-order valence-electron chi connectivity index (χ3n) is 4.41. The van der Waals surface area contributed by atoms with Gasteiger partial charge >= 0.3 is 0 Å². The lowest BCUT2D eigenvalue weighted by atomic mass is 10.0. The summed E-state index contributed by atoms with van der Waals surface area (Å²) in [5, 5.41) is 3.71. The lowest BCUT2D eigenvalue weighted by Gasteiger charge is -2.14. The standard InChI is InChI=1S/C19H23ClN4O/c1-24(2)16-9-3-13(4-10-16)12-21-19(25)18-11-17(22-23-18)14-5-7-15(20)8-6-14/h3-10,17-18,22-23H,11-12H2,1-2H3,(H,21,25). The molecule has 1 amide bonds. The zero-order valence-electron chi connectivity index (χ0n) is 14.4. The van der Waals surface area contributed by atoms with Gasteiger partial charge in [0.15, 0.2) is 0 Å². The average molecular weight is 359 g/mol. The molecule has 0 saturated carbocycles. The van der Waals surface area contributed by atoms with E-state index < -0.39 is 0 Å². The number of rotatable bonds is 5. The summed E-state index contributed by atoms with van der Waals surface area (Å²) in [7, 11) is 4.01. The number of anilines is 1. The van der Waals surface area contributed by atoms with E-state index in [1.807, 2.05) is 67.5 Å². The Morgan fingerprint density at radius 1 is 1.12 bits per heavy atom. The topological polar surface area (TPSA) is 56.4 Å². The van der Waals surface area contributed by atoms with E-state index in [9.17, 15) is 4.79 Å². The minimum Gasteiger partial charge on any atom is -0.378 e. The van der Waals surface area contributed by atoms with Crippen molar-refractivity contribution in [3.63, 3.8) is 0 Å². The highest BCUT2D eigenvalue weighted by molar-refractivity contribution is 6.30. The number of benzene rings is 2. The molecule has 2 aromatic carbocycles. The lowest BCUT2D eigenvalue weighted by molar-refractivity contribution is -0.123. The fraction of sp³-hybridized carbons (Fsp3) is 0.316. The molecular formula is C19H23ClN4O. The van der Waals surface area contributed by atoms with Crippen LogP contribution in [0.3, 0.4) is 0 Å². The Morgan fingerprint density at radius 3 is 2.44 bits per heavy atom. The minimum absolute atomic E-state index is 0.000602. The van der Waals surface area contributed by atoms with Crippen LogP contribution in [0.1, 0.15) is 23.6 Å². The van der Waals surface area contributed by atoms with Gasteiger partial charge < -0.3 is 10.2 Å². The molecule has 132 valence electrons. The summed E-state index contributed by atoms with van der Waals surface area (Å²) in [6.45, 7) is 0.524. The summed E-state index contributed by atoms with van der Waals surface area (Å²) in [5.74, 6) is 0.000602. The molecule has 3 N–H and O–H groups in total. The first-order valence-corrected chi connectivity index (χ1v) is 8.71. The number of hydrazine groups is 1. The fourth-order valence-electron chi connectivity index (χ4n) is 2.87. The van der Waals surface area contributed by atoms with Gasteiger partial charge in [-0.25, -0.2) is 10.9 Å². The molecule has 1 fully saturated rings. The molecule has 1 heterocycles. The van der Waals surface area contributed by atoms with Crippen molar-refractivity contribution < 1.29 is 4.79 Å². The summed E-state index contributed by atoms with van der Waals surface area (Å²) in [4.78, 5) is 14.4. The molecular weight excluding hydrogens is 336 g/mol. The Bertz CT molecular complexity index is 715. The molecule has 1 saturated heterocycles. The van der Waals surface area contributed by atoms with E-state index in [4.69, 9.17) is 11.6 Å². The van der Waals surface area contributed by atoms with Crippen LogP contribution in [-0.2, 0) is 11.3 Å². The smallest absolute Gasteiger partial charge is 0.238 e. The van der Waals surface area contributed by atoms with E-state index in [2.05, 4.69) is 16.2 Å². The van der Waals surface area contributed by atoms with Crippen molar-refractivity contribution in [1.29, 1.82) is 0 Å². The van der Waals surface area contributed by atoms with Crippen LogP contribution >= 0.6 is 11.6 Å². The molecule has 5 nitrogen and oxygen atoms in total. The molecule has 0 bridgehead atoms. The number of amides is 1. The molecule has 0 radical (unpaired) electrons. The number of hydrogen-bond donors (Lipinski definition) is 3. The molecule has 3 rings (SSSR count). The number of carbonyl (C=O) groups is 1. The second kappa shape index (κ2) is 7.87. The van der Waals surface area contributed by atoms with Crippen molar-refractivity contribution in [2.75, 3.05) is 19.0 Å². The van der Waals surface area contributed by atoms with Crippen molar-refractivity contribution in [1.82, 2.24) is 16.2 Å². The van der Waals surface area contributed by atoms with E-state index >= 15 is 0 Å². The number of halogens is 1. The number of nitrogens with zero attached hydrogens (tertiary/aromatic N) is 1. The second-order valence-corrected chi connectivity index (χ2v) is 6.90. The Hall–Kier alpha value is -2.08. The maximum Gasteiger partial charge on any atom is 0.238 e. The molecule has 6 heteroatoms. The highest BCUT2D eigenvalue weighted by Gasteiger charge is 2.29. The summed E-state index contributed by atoms with van der Waals surface area (Å²) in [6, 6.07) is 15.7. The minimum atomic E-state index is -0.248. The second-order valence-electron chi connectivity index (χ2n) is 6.46. The lowest BCUT2D eigenvalue weighted by Crippen LogP contribution is -2.42. The number of hydrogen-bond acceptors (Lipinski definition) is 4. The van der Waals surface area contributed by atoms with Crippen molar-refractivity contribution in [3.05, 3.63) is 64.7 Å². The van der Waals surface area contributed by atoms with Crippen molar-refractivity contribution in [2.24, 2.45) is 0 Å². The van der Waals surface area contributed by atoms with Gasteiger partial charge in [0.2, 0.25) is 5.91 Å². The van der Waals surface area contributed by atoms with Crippen molar-refractivity contribution >= 4 is 23.2 Å². The van der Waals surface area contributed by atoms with E-state index in [-0.39, 0.29) is 18.0 Å². The normalized spacial score (nSPS) is 19.6. The van der Waals surface area contributed by atoms with Crippen LogP contribution in [0.15, 0.2) is 48.5 Å². The summed E-state index contributed by atoms with van der Waals surface area (Å²) in [5.41, 5.74) is 9.60. The zero-order valence-corrected chi connectivity index (χ0v) is 15.2. The van der Waals surface area contributed by atoms with Crippen LogP contribution in [0.25, 0.3) is 0 Å². The van der Waals surface area contributed by atoms with E-state index in [1.165, 1.54) is 0 Å². The monoisotopic (exact) mass is 358 g/mol. The molecule has 25 heavy (non-hydrogen) atoms. The third kappa shape index (κ3) is 4.51. The van der Waals surface area contributed by atoms with Gasteiger partial charge in [0.1, 0.15) is 6.04 Å². The Labute approximate surface area is 153 Å². The maximum atomic E-state index is 12.4. The van der Waals surface area contributed by atoms with E-state index in [1.54, 1.807) is 0 Å². The largest absolute Gasteiger partial charge is 0.378 e. The average Bonchev–Trinajstić information content (AvgIpc) is 3.11. The summed E-state index contributed by atoms with van der Waals surface area (Å²) < 4.78 is 0.